The molecular formula is C8H12N4O. The van der Waals surface area contributed by atoms with Crippen LogP contribution in [0.4, 0.5) is 0 Å². The first-order valence-corrected chi connectivity index (χ1v) is 3.88. The highest BCUT2D eigenvalue weighted by molar-refractivity contribution is 5.76. The maximum Gasteiger partial charge on any atom is 0.213 e. The molecule has 0 radical (unpaired) electrons. The van der Waals surface area contributed by atoms with E-state index in [-0.39, 0.29) is 12.0 Å². The van der Waals surface area contributed by atoms with Crippen LogP contribution in [0.15, 0.2) is 29.4 Å². The van der Waals surface area contributed by atoms with Gasteiger partial charge in [0.25, 0.3) is 0 Å². The quantitative estimate of drug-likeness (QED) is 0.350. The van der Waals surface area contributed by atoms with Crippen molar-refractivity contribution in [3.8, 4) is 0 Å². The molecule has 5 nitrogen and oxygen atoms in total. The zero-order valence-electron chi connectivity index (χ0n) is 7.31. The van der Waals surface area contributed by atoms with Crippen molar-refractivity contribution in [2.24, 2.45) is 10.7 Å². The van der Waals surface area contributed by atoms with Crippen LogP contribution in [0.5, 0.6) is 0 Å². The average Bonchev–Trinajstić information content (AvgIpc) is 2.19. The van der Waals surface area contributed by atoms with Crippen molar-refractivity contribution in [1.29, 1.82) is 0 Å². The Kier molecular flexibility index (Phi) is 3.22. The second-order valence-electron chi connectivity index (χ2n) is 2.56. The highest BCUT2D eigenvalue weighted by Gasteiger charge is 2.03. The summed E-state index contributed by atoms with van der Waals surface area (Å²) in [5.41, 5.74) is 7.84. The van der Waals surface area contributed by atoms with Crippen LogP contribution in [0.3, 0.4) is 0 Å². The molecule has 0 bridgehead atoms. The third kappa shape index (κ3) is 2.72. The standard InChI is InChI=1S/C8H12N4O/c1-6(11-8(9)12-13)7-4-2-3-5-10-7/h2-6,13H,1H3,(H3,9,11,12). The molecule has 1 heterocycles. The van der Waals surface area contributed by atoms with E-state index in [4.69, 9.17) is 10.9 Å². The molecular weight excluding hydrogens is 168 g/mol. The molecule has 0 amide bonds. The fourth-order valence-corrected chi connectivity index (χ4v) is 0.927. The van der Waals surface area contributed by atoms with Gasteiger partial charge in [0.2, 0.25) is 5.96 Å². The summed E-state index contributed by atoms with van der Waals surface area (Å²) in [5.74, 6) is -0.0156. The summed E-state index contributed by atoms with van der Waals surface area (Å²) in [7, 11) is 0. The molecule has 0 aliphatic heterocycles. The van der Waals surface area contributed by atoms with Crippen LogP contribution in [0.2, 0.25) is 0 Å². The minimum atomic E-state index is -0.166. The molecule has 70 valence electrons. The number of aliphatic imine (C=N–C) groups is 1. The van der Waals surface area contributed by atoms with E-state index in [1.807, 2.05) is 25.1 Å². The Hall–Kier alpha value is -1.62. The minimum Gasteiger partial charge on any atom is -0.368 e. The molecule has 1 atom stereocenters. The molecule has 0 aliphatic carbocycles. The first kappa shape index (κ1) is 9.47. The molecule has 0 aliphatic rings. The fraction of sp³-hybridized carbons (Fsp3) is 0.250. The van der Waals surface area contributed by atoms with Gasteiger partial charge in [-0.3, -0.25) is 10.2 Å². The second-order valence-corrected chi connectivity index (χ2v) is 2.56. The molecule has 13 heavy (non-hydrogen) atoms. The third-order valence-electron chi connectivity index (χ3n) is 1.56. The lowest BCUT2D eigenvalue weighted by Crippen LogP contribution is -2.28. The first-order chi connectivity index (χ1) is 6.24. The summed E-state index contributed by atoms with van der Waals surface area (Å²) < 4.78 is 0. The van der Waals surface area contributed by atoms with Crippen molar-refractivity contribution in [2.45, 2.75) is 13.0 Å². The van der Waals surface area contributed by atoms with Gasteiger partial charge in [0, 0.05) is 6.20 Å². The summed E-state index contributed by atoms with van der Waals surface area (Å²) >= 11 is 0. The largest absolute Gasteiger partial charge is 0.368 e. The SMILES string of the molecule is CC(N=C(N)NO)c1ccccn1. The Bertz CT molecular complexity index is 285. The maximum atomic E-state index is 8.40. The van der Waals surface area contributed by atoms with Crippen molar-refractivity contribution < 1.29 is 5.21 Å². The molecule has 0 aromatic carbocycles. The highest BCUT2D eigenvalue weighted by Crippen LogP contribution is 2.11. The lowest BCUT2D eigenvalue weighted by Gasteiger charge is -2.05. The number of hydrogen-bond acceptors (Lipinski definition) is 3. The lowest BCUT2D eigenvalue weighted by atomic mass is 10.2. The van der Waals surface area contributed by atoms with Crippen molar-refractivity contribution in [2.75, 3.05) is 0 Å². The fourth-order valence-electron chi connectivity index (χ4n) is 0.927. The molecule has 1 rings (SSSR count). The molecule has 1 aromatic rings. The summed E-state index contributed by atoms with van der Waals surface area (Å²) in [6.07, 6.45) is 1.68. The van der Waals surface area contributed by atoms with Crippen molar-refractivity contribution in [3.05, 3.63) is 30.1 Å². The Morgan fingerprint density at radius 3 is 3.00 bits per heavy atom. The predicted octanol–water partition coefficient (Wildman–Crippen LogP) is 0.436. The molecule has 0 spiro atoms. The minimum absolute atomic E-state index is 0.0156. The van der Waals surface area contributed by atoms with Crippen LogP contribution in [0.1, 0.15) is 18.7 Å². The lowest BCUT2D eigenvalue weighted by molar-refractivity contribution is 0.232. The van der Waals surface area contributed by atoms with Gasteiger partial charge < -0.3 is 5.73 Å². The van der Waals surface area contributed by atoms with Gasteiger partial charge in [-0.1, -0.05) is 6.07 Å². The number of hydrogen-bond donors (Lipinski definition) is 3. The van der Waals surface area contributed by atoms with Gasteiger partial charge >= 0.3 is 0 Å². The summed E-state index contributed by atoms with van der Waals surface area (Å²) in [6, 6.07) is 5.38. The number of pyridine rings is 1. The van der Waals surface area contributed by atoms with Gasteiger partial charge in [-0.25, -0.2) is 10.5 Å². The Morgan fingerprint density at radius 1 is 1.69 bits per heavy atom. The van der Waals surface area contributed by atoms with Crippen LogP contribution in [-0.4, -0.2) is 16.2 Å². The molecule has 0 saturated carbocycles. The topological polar surface area (TPSA) is 83.5 Å². The number of guanidine groups is 1. The molecule has 0 saturated heterocycles. The van der Waals surface area contributed by atoms with E-state index in [9.17, 15) is 0 Å². The van der Waals surface area contributed by atoms with Gasteiger partial charge in [0.1, 0.15) is 0 Å². The van der Waals surface area contributed by atoms with E-state index in [1.165, 1.54) is 0 Å². The van der Waals surface area contributed by atoms with E-state index in [2.05, 4.69) is 9.98 Å². The van der Waals surface area contributed by atoms with Gasteiger partial charge in [-0.2, -0.15) is 0 Å². The van der Waals surface area contributed by atoms with Crippen LogP contribution in [-0.2, 0) is 0 Å². The number of nitrogens with one attached hydrogen (secondary N) is 1. The van der Waals surface area contributed by atoms with E-state index in [1.54, 1.807) is 11.7 Å². The number of nitrogens with two attached hydrogens (primary N) is 1. The number of rotatable bonds is 2. The normalized spacial score (nSPS) is 13.8. The van der Waals surface area contributed by atoms with E-state index < -0.39 is 0 Å². The van der Waals surface area contributed by atoms with Gasteiger partial charge in [0.05, 0.1) is 11.7 Å². The Morgan fingerprint density at radius 2 is 2.46 bits per heavy atom. The molecule has 1 unspecified atom stereocenters. The first-order valence-electron chi connectivity index (χ1n) is 3.88. The molecule has 4 N–H and O–H groups in total. The summed E-state index contributed by atoms with van der Waals surface area (Å²) in [4.78, 5) is 8.03. The van der Waals surface area contributed by atoms with Crippen LogP contribution in [0, 0.1) is 0 Å². The third-order valence-corrected chi connectivity index (χ3v) is 1.56. The monoisotopic (exact) mass is 180 g/mol. The van der Waals surface area contributed by atoms with Gasteiger partial charge in [-0.15, -0.1) is 0 Å². The van der Waals surface area contributed by atoms with Crippen LogP contribution < -0.4 is 11.2 Å². The predicted molar refractivity (Wildman–Crippen MR) is 49.2 cm³/mol. The molecule has 0 fully saturated rings. The highest BCUT2D eigenvalue weighted by atomic mass is 16.5. The smallest absolute Gasteiger partial charge is 0.213 e. The Balaban J connectivity index is 2.75. The van der Waals surface area contributed by atoms with Crippen molar-refractivity contribution in [1.82, 2.24) is 10.5 Å². The molecule has 1 aromatic heterocycles. The van der Waals surface area contributed by atoms with Crippen LogP contribution >= 0.6 is 0 Å². The number of nitrogens with zero attached hydrogens (tertiary/aromatic N) is 2. The van der Waals surface area contributed by atoms with E-state index >= 15 is 0 Å². The van der Waals surface area contributed by atoms with Gasteiger partial charge in [0.15, 0.2) is 0 Å². The average molecular weight is 180 g/mol. The van der Waals surface area contributed by atoms with Crippen LogP contribution in [0.25, 0.3) is 0 Å². The zero-order valence-corrected chi connectivity index (χ0v) is 7.31. The van der Waals surface area contributed by atoms with E-state index in [0.29, 0.717) is 0 Å². The van der Waals surface area contributed by atoms with E-state index in [0.717, 1.165) is 5.69 Å². The van der Waals surface area contributed by atoms with Gasteiger partial charge in [-0.05, 0) is 19.1 Å². The van der Waals surface area contributed by atoms with Crippen molar-refractivity contribution in [3.63, 3.8) is 0 Å². The number of aromatic nitrogens is 1. The zero-order chi connectivity index (χ0) is 9.68. The number of hydroxylamine groups is 1. The summed E-state index contributed by atoms with van der Waals surface area (Å²) in [5, 5.41) is 8.40. The second kappa shape index (κ2) is 4.42. The maximum absolute atomic E-state index is 8.40. The molecule has 5 heteroatoms. The summed E-state index contributed by atoms with van der Waals surface area (Å²) in [6.45, 7) is 1.84. The Labute approximate surface area is 76.3 Å². The van der Waals surface area contributed by atoms with Crippen molar-refractivity contribution >= 4 is 5.96 Å².